The highest BCUT2D eigenvalue weighted by Gasteiger charge is 2.59. The summed E-state index contributed by atoms with van der Waals surface area (Å²) in [4.78, 5) is 62.0. The van der Waals surface area contributed by atoms with Crippen molar-refractivity contribution in [3.05, 3.63) is 0 Å². The molecule has 0 aromatic rings. The van der Waals surface area contributed by atoms with Gasteiger partial charge in [-0.2, -0.15) is 0 Å². The van der Waals surface area contributed by atoms with Gasteiger partial charge >= 0.3 is 29.8 Å². The van der Waals surface area contributed by atoms with Crippen LogP contribution in [-0.2, 0) is 57.1 Å². The standard InChI is InChI=1S/C50H90O12/c1-9-11-13-24-30-38(3)32-26-20-16-15-19-23-29-35-56-36-44(62-45(55)34-28-22-18-17-21-27-33-39(4)31-25-14-12-10-2)37-57-46-47(58-40(5)51)49(60-42(7)53)50(61-43(8)54)48(46)59-41(6)52/h38-39,44,46-50H,9-37H2,1-8H3/t38?,39?,44-,47+,48+,49-,50-/m0/s1. The zero-order chi connectivity index (χ0) is 46.0. The van der Waals surface area contributed by atoms with E-state index in [1.807, 2.05) is 0 Å². The highest BCUT2D eigenvalue weighted by molar-refractivity contribution is 5.70. The maximum Gasteiger partial charge on any atom is 0.306 e. The van der Waals surface area contributed by atoms with Crippen LogP contribution in [0.3, 0.4) is 0 Å². The van der Waals surface area contributed by atoms with E-state index in [-0.39, 0.29) is 25.6 Å². The van der Waals surface area contributed by atoms with Crippen molar-refractivity contribution in [2.24, 2.45) is 11.8 Å². The fourth-order valence-electron chi connectivity index (χ4n) is 8.40. The van der Waals surface area contributed by atoms with Crippen molar-refractivity contribution in [3.63, 3.8) is 0 Å². The van der Waals surface area contributed by atoms with Crippen molar-refractivity contribution in [2.45, 2.75) is 259 Å². The Morgan fingerprint density at radius 3 is 1.15 bits per heavy atom. The first-order valence-corrected chi connectivity index (χ1v) is 24.9. The Morgan fingerprint density at radius 1 is 0.419 bits per heavy atom. The van der Waals surface area contributed by atoms with Gasteiger partial charge < -0.3 is 33.2 Å². The van der Waals surface area contributed by atoms with E-state index in [1.54, 1.807) is 0 Å². The van der Waals surface area contributed by atoms with Crippen LogP contribution in [0.5, 0.6) is 0 Å². The number of rotatable bonds is 39. The van der Waals surface area contributed by atoms with E-state index < -0.39 is 60.5 Å². The zero-order valence-electron chi connectivity index (χ0n) is 40.5. The van der Waals surface area contributed by atoms with E-state index in [2.05, 4.69) is 27.7 Å². The summed E-state index contributed by atoms with van der Waals surface area (Å²) in [7, 11) is 0. The molecule has 12 heteroatoms. The van der Waals surface area contributed by atoms with Crippen LogP contribution in [0.15, 0.2) is 0 Å². The molecule has 1 aliphatic rings. The van der Waals surface area contributed by atoms with Gasteiger partial charge in [-0.05, 0) is 24.7 Å². The van der Waals surface area contributed by atoms with Gasteiger partial charge in [0.2, 0.25) is 0 Å². The second-order valence-corrected chi connectivity index (χ2v) is 18.1. The van der Waals surface area contributed by atoms with Crippen LogP contribution in [-0.4, -0.2) is 86.3 Å². The van der Waals surface area contributed by atoms with Crippen molar-refractivity contribution in [3.8, 4) is 0 Å². The van der Waals surface area contributed by atoms with E-state index in [0.717, 1.165) is 64.2 Å². The summed E-state index contributed by atoms with van der Waals surface area (Å²) in [6.45, 7) is 14.3. The lowest BCUT2D eigenvalue weighted by Crippen LogP contribution is -2.43. The molecule has 0 radical (unpaired) electrons. The summed E-state index contributed by atoms with van der Waals surface area (Å²) >= 11 is 0. The van der Waals surface area contributed by atoms with Gasteiger partial charge in [-0.3, -0.25) is 24.0 Å². The summed E-state index contributed by atoms with van der Waals surface area (Å²) in [5, 5.41) is 0. The SMILES string of the molecule is CCCCCCC(C)CCCCCCCCCOC[C@@H](COC1[C@@H](OC(C)=O)[C@H](OC(C)=O)[C@@H](OC(C)=O)[C@@H]1OC(C)=O)OC(=O)CCCCCCCCC(C)CCCCCC. The average Bonchev–Trinajstić information content (AvgIpc) is 3.44. The first-order chi connectivity index (χ1) is 29.8. The summed E-state index contributed by atoms with van der Waals surface area (Å²) in [6.07, 6.45) is 23.2. The summed E-state index contributed by atoms with van der Waals surface area (Å²) in [6, 6.07) is 0. The molecule has 0 aromatic carbocycles. The van der Waals surface area contributed by atoms with Crippen LogP contribution in [0.2, 0.25) is 0 Å². The molecule has 1 saturated carbocycles. The fraction of sp³-hybridized carbons (Fsp3) is 0.900. The molecule has 362 valence electrons. The zero-order valence-corrected chi connectivity index (χ0v) is 40.5. The molecule has 12 nitrogen and oxygen atoms in total. The Kier molecular flexibility index (Phi) is 33.8. The van der Waals surface area contributed by atoms with Gasteiger partial charge in [0.1, 0.15) is 12.2 Å². The number of unbranched alkanes of at least 4 members (excludes halogenated alkanes) is 17. The smallest absolute Gasteiger partial charge is 0.306 e. The lowest BCUT2D eigenvalue weighted by molar-refractivity contribution is -0.181. The van der Waals surface area contributed by atoms with Gasteiger partial charge in [0.15, 0.2) is 24.4 Å². The van der Waals surface area contributed by atoms with Crippen LogP contribution in [0, 0.1) is 11.8 Å². The molecular formula is C50H90O12. The number of hydrogen-bond donors (Lipinski definition) is 0. The molecule has 1 aliphatic carbocycles. The highest BCUT2D eigenvalue weighted by Crippen LogP contribution is 2.34. The number of carbonyl (C=O) groups excluding carboxylic acids is 5. The topological polar surface area (TPSA) is 150 Å². The van der Waals surface area contributed by atoms with Crippen molar-refractivity contribution in [1.82, 2.24) is 0 Å². The normalized spacial score (nSPS) is 19.1. The van der Waals surface area contributed by atoms with Gasteiger partial charge in [0, 0.05) is 40.7 Å². The van der Waals surface area contributed by atoms with Crippen LogP contribution >= 0.6 is 0 Å². The summed E-state index contributed by atoms with van der Waals surface area (Å²) in [5.74, 6) is -1.66. The molecule has 1 rings (SSSR count). The van der Waals surface area contributed by atoms with Gasteiger partial charge in [0.05, 0.1) is 13.2 Å². The molecule has 0 saturated heterocycles. The first-order valence-electron chi connectivity index (χ1n) is 24.9. The predicted octanol–water partition coefficient (Wildman–Crippen LogP) is 11.5. The number of ether oxygens (including phenoxy) is 7. The molecule has 0 aliphatic heterocycles. The molecule has 0 aromatic heterocycles. The van der Waals surface area contributed by atoms with Crippen LogP contribution in [0.1, 0.15) is 222 Å². The van der Waals surface area contributed by atoms with Crippen molar-refractivity contribution in [2.75, 3.05) is 19.8 Å². The largest absolute Gasteiger partial charge is 0.457 e. The fourth-order valence-corrected chi connectivity index (χ4v) is 8.40. The van der Waals surface area contributed by atoms with Crippen LogP contribution in [0.25, 0.3) is 0 Å². The van der Waals surface area contributed by atoms with E-state index >= 15 is 0 Å². The van der Waals surface area contributed by atoms with E-state index in [9.17, 15) is 24.0 Å². The second-order valence-electron chi connectivity index (χ2n) is 18.1. The third-order valence-electron chi connectivity index (χ3n) is 11.8. The summed E-state index contributed by atoms with van der Waals surface area (Å²) in [5.41, 5.74) is 0. The highest BCUT2D eigenvalue weighted by atomic mass is 16.7. The predicted molar refractivity (Wildman–Crippen MR) is 242 cm³/mol. The molecule has 7 atom stereocenters. The van der Waals surface area contributed by atoms with Crippen LogP contribution in [0.4, 0.5) is 0 Å². The van der Waals surface area contributed by atoms with E-state index in [0.29, 0.717) is 13.0 Å². The van der Waals surface area contributed by atoms with E-state index in [1.165, 1.54) is 129 Å². The Labute approximate surface area is 376 Å². The molecule has 0 amide bonds. The maximum absolute atomic E-state index is 13.2. The average molecular weight is 883 g/mol. The van der Waals surface area contributed by atoms with Crippen molar-refractivity contribution < 1.29 is 57.1 Å². The monoisotopic (exact) mass is 883 g/mol. The Morgan fingerprint density at radius 2 is 0.758 bits per heavy atom. The minimum Gasteiger partial charge on any atom is -0.457 e. The van der Waals surface area contributed by atoms with Gasteiger partial charge in [-0.25, -0.2) is 0 Å². The molecule has 1 fully saturated rings. The Bertz CT molecular complexity index is 1150. The van der Waals surface area contributed by atoms with Gasteiger partial charge in [0.25, 0.3) is 0 Å². The second kappa shape index (κ2) is 36.6. The molecule has 0 bridgehead atoms. The molecule has 0 spiro atoms. The third kappa shape index (κ3) is 28.9. The number of carbonyl (C=O) groups is 5. The number of hydrogen-bond acceptors (Lipinski definition) is 12. The molecular weight excluding hydrogens is 793 g/mol. The Hall–Kier alpha value is -2.73. The van der Waals surface area contributed by atoms with Crippen molar-refractivity contribution in [1.29, 1.82) is 0 Å². The third-order valence-corrected chi connectivity index (χ3v) is 11.8. The maximum atomic E-state index is 13.2. The molecule has 2 unspecified atom stereocenters. The quantitative estimate of drug-likeness (QED) is 0.0328. The molecule has 0 heterocycles. The Balaban J connectivity index is 2.78. The molecule has 62 heavy (non-hydrogen) atoms. The van der Waals surface area contributed by atoms with Gasteiger partial charge in [-0.15, -0.1) is 0 Å². The minimum absolute atomic E-state index is 0.0589. The number of esters is 5. The van der Waals surface area contributed by atoms with Crippen molar-refractivity contribution >= 4 is 29.8 Å². The lowest BCUT2D eigenvalue weighted by atomic mass is 9.96. The lowest BCUT2D eigenvalue weighted by Gasteiger charge is -2.27. The summed E-state index contributed by atoms with van der Waals surface area (Å²) < 4.78 is 40.2. The van der Waals surface area contributed by atoms with Crippen LogP contribution < -0.4 is 0 Å². The minimum atomic E-state index is -1.32. The van der Waals surface area contributed by atoms with E-state index in [4.69, 9.17) is 33.2 Å². The molecule has 0 N–H and O–H groups in total. The first kappa shape index (κ1) is 57.3. The van der Waals surface area contributed by atoms with Gasteiger partial charge in [-0.1, -0.05) is 175 Å².